The van der Waals surface area contributed by atoms with Crippen LogP contribution in [0.1, 0.15) is 65.2 Å². The molecule has 8 aliphatic carbocycles. The summed E-state index contributed by atoms with van der Waals surface area (Å²) in [6.45, 7) is 4.32. The zero-order valence-corrected chi connectivity index (χ0v) is 54.8. The quantitative estimate of drug-likeness (QED) is 0.164. The first-order chi connectivity index (χ1) is 22.7. The number of allylic oxidation sites excluding steroid dienone is 32. The molecule has 0 spiro atoms. The molecule has 0 aromatic rings. The van der Waals surface area contributed by atoms with E-state index in [0.29, 0.717) is 0 Å². The summed E-state index contributed by atoms with van der Waals surface area (Å²) >= 11 is 0. The van der Waals surface area contributed by atoms with Gasteiger partial charge in [-0.05, 0) is 87.5 Å². The Labute approximate surface area is 528 Å². The summed E-state index contributed by atoms with van der Waals surface area (Å²) in [6.07, 6.45) is 64.8. The Hall–Kier alpha value is 4.51. The van der Waals surface area contributed by atoms with E-state index in [1.54, 1.807) is 0 Å². The fraction of sp³-hybridized carbons (Fsp3) is 0.238. The van der Waals surface area contributed by atoms with Gasteiger partial charge in [-0.1, -0.05) is 169 Å². The van der Waals surface area contributed by atoms with Crippen molar-refractivity contribution in [3.05, 3.63) is 191 Å². The smallest absolute Gasteiger partial charge is 0 e. The number of rotatable bonds is 2. The Bertz CT molecular complexity index is 1190. The summed E-state index contributed by atoms with van der Waals surface area (Å²) in [6, 6.07) is 0. The van der Waals surface area contributed by atoms with Crippen LogP contribution < -0.4 is 0 Å². The van der Waals surface area contributed by atoms with Crippen LogP contribution in [-0.4, -0.2) is 21.0 Å². The van der Waals surface area contributed by atoms with E-state index in [2.05, 4.69) is 172 Å². The van der Waals surface area contributed by atoms with Crippen LogP contribution in [0.2, 0.25) is 0 Å². The molecule has 0 amide bonds. The first kappa shape index (κ1) is 75.9. The van der Waals surface area contributed by atoms with Crippen molar-refractivity contribution in [3.8, 4) is 0 Å². The fourth-order valence-corrected chi connectivity index (χ4v) is 4.76. The largest absolute Gasteiger partial charge is 0.255 e. The molecule has 268 valence electrons. The van der Waals surface area contributed by atoms with Gasteiger partial charge in [-0.25, -0.2) is 0 Å². The molecule has 0 aromatic carbocycles. The van der Waals surface area contributed by atoms with Gasteiger partial charge in [0.15, 0.2) is 0 Å². The summed E-state index contributed by atoms with van der Waals surface area (Å²) in [5, 5.41) is 24.0. The third-order valence-electron chi connectivity index (χ3n) is 7.09. The van der Waals surface area contributed by atoms with Gasteiger partial charge in [0.05, 0.1) is 0 Å². The SMILES string of the molecule is C1=CCC(C2=CC=CC2)=C1.C1=CCC(C2=CC=CC2)=C1.C1=CCC=C1.C1=CCC=C1.C1=CCC=C1.CC1=CC=C(C)C1.OO.OO.[Y].[Y].[Y].[Y].[Y].[Y].[Y].[Y]. The molecule has 8 rings (SSSR count). The van der Waals surface area contributed by atoms with E-state index >= 15 is 0 Å². The molecule has 54 heavy (non-hydrogen) atoms. The van der Waals surface area contributed by atoms with Crippen molar-refractivity contribution >= 4 is 0 Å². The van der Waals surface area contributed by atoms with E-state index in [9.17, 15) is 0 Å². The van der Waals surface area contributed by atoms with Gasteiger partial charge in [-0.15, -0.1) is 0 Å². The van der Waals surface area contributed by atoms with Gasteiger partial charge in [-0.3, -0.25) is 21.0 Å². The summed E-state index contributed by atoms with van der Waals surface area (Å²) in [4.78, 5) is 0. The van der Waals surface area contributed by atoms with Crippen LogP contribution in [0.25, 0.3) is 0 Å². The molecule has 0 saturated heterocycles. The predicted molar refractivity (Wildman–Crippen MR) is 199 cm³/mol. The van der Waals surface area contributed by atoms with E-state index in [1.165, 1.54) is 39.9 Å². The normalized spacial score (nSPS) is 15.6. The van der Waals surface area contributed by atoms with Gasteiger partial charge >= 0.3 is 0 Å². The van der Waals surface area contributed by atoms with Gasteiger partial charge in [0.2, 0.25) is 0 Å². The molecule has 0 heterocycles. The maximum atomic E-state index is 6.00. The van der Waals surface area contributed by atoms with Crippen molar-refractivity contribution in [2.24, 2.45) is 0 Å². The first-order valence-electron chi connectivity index (χ1n) is 15.8. The Kier molecular flexibility index (Phi) is 80.8. The third-order valence-corrected chi connectivity index (χ3v) is 7.09. The zero-order chi connectivity index (χ0) is 33.5. The van der Waals surface area contributed by atoms with Crippen molar-refractivity contribution in [3.63, 3.8) is 0 Å². The minimum atomic E-state index is 0. The van der Waals surface area contributed by atoms with Crippen LogP contribution in [0.4, 0.5) is 0 Å². The molecular weight excluding hydrogens is 1280 g/mol. The maximum absolute atomic E-state index is 6.00. The molecule has 0 aromatic heterocycles. The summed E-state index contributed by atoms with van der Waals surface area (Å²) in [5.41, 5.74) is 8.93. The second-order valence-corrected chi connectivity index (χ2v) is 10.8. The average Bonchev–Trinajstić information content (AvgIpc) is 3.96. The fourth-order valence-electron chi connectivity index (χ4n) is 4.76. The molecule has 8 radical (unpaired) electrons. The van der Waals surface area contributed by atoms with Crippen LogP contribution in [0.15, 0.2) is 191 Å². The first-order valence-corrected chi connectivity index (χ1v) is 15.8. The van der Waals surface area contributed by atoms with Gasteiger partial charge in [0, 0.05) is 262 Å². The molecule has 0 bridgehead atoms. The minimum Gasteiger partial charge on any atom is -0.255 e. The van der Waals surface area contributed by atoms with E-state index in [-0.39, 0.29) is 262 Å². The van der Waals surface area contributed by atoms with Crippen molar-refractivity contribution in [1.82, 2.24) is 0 Å². The molecule has 0 saturated carbocycles. The van der Waals surface area contributed by atoms with Crippen molar-refractivity contribution in [2.75, 3.05) is 0 Å². The third kappa shape index (κ3) is 41.8. The Balaban J connectivity index is -0.0000000762. The van der Waals surface area contributed by atoms with E-state index in [1.807, 2.05) is 0 Å². The number of hydrogen-bond donors (Lipinski definition) is 4. The number of hydrogen-bond acceptors (Lipinski definition) is 4. The molecule has 12 heteroatoms. The second kappa shape index (κ2) is 57.5. The maximum Gasteiger partial charge on any atom is 0 e. The van der Waals surface area contributed by atoms with Crippen LogP contribution in [0.5, 0.6) is 0 Å². The molecule has 0 aliphatic heterocycles. The average molecular weight is 1330 g/mol. The van der Waals surface area contributed by atoms with E-state index in [4.69, 9.17) is 21.0 Å². The summed E-state index contributed by atoms with van der Waals surface area (Å²) in [5.74, 6) is 0. The monoisotopic (exact) mass is 1330 g/mol. The molecule has 0 atom stereocenters. The van der Waals surface area contributed by atoms with E-state index < -0.39 is 0 Å². The van der Waals surface area contributed by atoms with Gasteiger partial charge in [0.25, 0.3) is 0 Å². The summed E-state index contributed by atoms with van der Waals surface area (Å²) in [7, 11) is 0. The van der Waals surface area contributed by atoms with Crippen LogP contribution >= 0.6 is 0 Å². The Morgan fingerprint density at radius 1 is 0.296 bits per heavy atom. The van der Waals surface area contributed by atoms with Crippen LogP contribution in [0, 0.1) is 0 Å². The Morgan fingerprint density at radius 2 is 0.500 bits per heavy atom. The van der Waals surface area contributed by atoms with Gasteiger partial charge < -0.3 is 0 Å². The van der Waals surface area contributed by atoms with Crippen molar-refractivity contribution < 1.29 is 283 Å². The minimum absolute atomic E-state index is 0. The standard InChI is InChI=1S/2C10H10.C7H10.3C5H6.2H2O2.8Y/c2*1-2-6-9(5-1)10-7-3-4-8-10;1-6-3-4-7(2)5-6;3*1-2-4-5-3-1;2*1-2;;;;;;;;/h2*1-5,7H,6,8H2;3-4H,5H2,1-2H3;3*1-4H,5H2;2*1-2H;;;;;;;;. The predicted octanol–water partition coefficient (Wildman–Crippen LogP) is 12.3. The molecule has 8 aliphatic rings. The van der Waals surface area contributed by atoms with Gasteiger partial charge in [-0.2, -0.15) is 0 Å². The molecule has 4 nitrogen and oxygen atoms in total. The molecular formula is C42H52O4Y8. The van der Waals surface area contributed by atoms with Crippen LogP contribution in [0.3, 0.4) is 0 Å². The van der Waals surface area contributed by atoms with Crippen LogP contribution in [-0.2, 0) is 262 Å². The van der Waals surface area contributed by atoms with E-state index in [0.717, 1.165) is 44.9 Å². The Morgan fingerprint density at radius 3 is 0.593 bits per heavy atom. The van der Waals surface area contributed by atoms with Crippen molar-refractivity contribution in [2.45, 2.75) is 65.2 Å². The zero-order valence-electron chi connectivity index (χ0n) is 32.1. The van der Waals surface area contributed by atoms with Gasteiger partial charge in [0.1, 0.15) is 0 Å². The molecule has 0 unspecified atom stereocenters. The topological polar surface area (TPSA) is 80.9 Å². The van der Waals surface area contributed by atoms with Crippen molar-refractivity contribution in [1.29, 1.82) is 0 Å². The second-order valence-electron chi connectivity index (χ2n) is 10.8. The molecule has 0 fully saturated rings. The summed E-state index contributed by atoms with van der Waals surface area (Å²) < 4.78 is 0. The molecule has 4 N–H and O–H groups in total.